The molecular weight excluding hydrogens is 298 g/mol. The summed E-state index contributed by atoms with van der Waals surface area (Å²) in [4.78, 5) is 16.3. The lowest BCUT2D eigenvalue weighted by atomic mass is 9.80. The number of aromatic nitrogens is 2. The number of thioether (sulfide) groups is 1. The summed E-state index contributed by atoms with van der Waals surface area (Å²) in [6.45, 7) is 2.42. The van der Waals surface area contributed by atoms with Gasteiger partial charge in [-0.1, -0.05) is 6.07 Å². The molecule has 0 saturated heterocycles. The summed E-state index contributed by atoms with van der Waals surface area (Å²) in [6.07, 6.45) is 6.68. The number of carbonyl (C=O) groups is 1. The number of hydrogen-bond donors (Lipinski definition) is 2. The van der Waals surface area contributed by atoms with Gasteiger partial charge in [-0.25, -0.2) is 4.98 Å². The lowest BCUT2D eigenvalue weighted by Crippen LogP contribution is -2.48. The molecule has 2 aromatic heterocycles. The summed E-state index contributed by atoms with van der Waals surface area (Å²) in [5.41, 5.74) is 2.44. The molecule has 2 heterocycles. The van der Waals surface area contributed by atoms with Gasteiger partial charge in [0.2, 0.25) is 5.91 Å². The van der Waals surface area contributed by atoms with Crippen LogP contribution in [0.15, 0.2) is 24.5 Å². The number of hydrogen-bond acceptors (Lipinski definition) is 4. The van der Waals surface area contributed by atoms with Crippen LogP contribution < -0.4 is 5.32 Å². The van der Waals surface area contributed by atoms with Crippen LogP contribution >= 0.6 is 11.8 Å². The number of rotatable bonds is 6. The Bertz CT molecular complexity index is 679. The van der Waals surface area contributed by atoms with Crippen LogP contribution in [0.4, 0.5) is 0 Å². The average molecular weight is 319 g/mol. The Morgan fingerprint density at radius 1 is 1.45 bits per heavy atom. The molecule has 22 heavy (non-hydrogen) atoms. The van der Waals surface area contributed by atoms with E-state index in [0.29, 0.717) is 18.1 Å². The zero-order valence-electron chi connectivity index (χ0n) is 12.7. The Kier molecular flexibility index (Phi) is 4.40. The van der Waals surface area contributed by atoms with Crippen LogP contribution in [0, 0.1) is 6.92 Å². The summed E-state index contributed by atoms with van der Waals surface area (Å²) < 4.78 is 2.01. The molecule has 118 valence electrons. The first-order chi connectivity index (χ1) is 10.5. The van der Waals surface area contributed by atoms with Crippen molar-refractivity contribution < 1.29 is 9.90 Å². The van der Waals surface area contributed by atoms with Crippen LogP contribution in [-0.2, 0) is 10.5 Å². The lowest BCUT2D eigenvalue weighted by molar-refractivity contribution is -0.121. The van der Waals surface area contributed by atoms with Crippen molar-refractivity contribution >= 4 is 23.3 Å². The van der Waals surface area contributed by atoms with E-state index in [9.17, 15) is 9.90 Å². The number of pyridine rings is 1. The fraction of sp³-hybridized carbons (Fsp3) is 0.500. The van der Waals surface area contributed by atoms with Crippen LogP contribution in [0.3, 0.4) is 0 Å². The zero-order chi connectivity index (χ0) is 15.6. The third kappa shape index (κ3) is 3.62. The Labute approximate surface area is 134 Å². The molecule has 0 aromatic carbocycles. The number of nitrogens with one attached hydrogen (secondary N) is 1. The molecule has 6 heteroatoms. The van der Waals surface area contributed by atoms with Gasteiger partial charge >= 0.3 is 0 Å². The normalized spacial score (nSPS) is 16.5. The van der Waals surface area contributed by atoms with E-state index >= 15 is 0 Å². The highest BCUT2D eigenvalue weighted by Crippen LogP contribution is 2.30. The molecule has 2 aromatic rings. The summed E-state index contributed by atoms with van der Waals surface area (Å²) in [5.74, 6) is 1.08. The van der Waals surface area contributed by atoms with Gasteiger partial charge in [0.1, 0.15) is 5.65 Å². The topological polar surface area (TPSA) is 66.6 Å². The van der Waals surface area contributed by atoms with Crippen molar-refractivity contribution in [1.29, 1.82) is 0 Å². The Morgan fingerprint density at radius 2 is 2.27 bits per heavy atom. The van der Waals surface area contributed by atoms with E-state index in [2.05, 4.69) is 10.3 Å². The molecule has 5 nitrogen and oxygen atoms in total. The molecule has 0 radical (unpaired) electrons. The minimum Gasteiger partial charge on any atom is -0.388 e. The molecule has 2 N–H and O–H groups in total. The molecule has 1 amide bonds. The number of fused-ring (bicyclic) bond motifs is 1. The van der Waals surface area contributed by atoms with Gasteiger partial charge < -0.3 is 14.8 Å². The third-order valence-corrected chi connectivity index (χ3v) is 5.00. The van der Waals surface area contributed by atoms with Crippen molar-refractivity contribution in [3.05, 3.63) is 35.8 Å². The predicted molar refractivity (Wildman–Crippen MR) is 87.9 cm³/mol. The van der Waals surface area contributed by atoms with Crippen molar-refractivity contribution in [3.63, 3.8) is 0 Å². The smallest absolute Gasteiger partial charge is 0.230 e. The van der Waals surface area contributed by atoms with E-state index in [1.807, 2.05) is 35.9 Å². The Balaban J connectivity index is 1.44. The molecule has 0 unspecified atom stereocenters. The quantitative estimate of drug-likeness (QED) is 0.853. The first kappa shape index (κ1) is 15.4. The second kappa shape index (κ2) is 6.30. The summed E-state index contributed by atoms with van der Waals surface area (Å²) in [7, 11) is 0. The number of aryl methyl sites for hydroxylation is 1. The van der Waals surface area contributed by atoms with Crippen LogP contribution in [0.25, 0.3) is 5.65 Å². The van der Waals surface area contributed by atoms with E-state index in [4.69, 9.17) is 0 Å². The molecule has 3 rings (SSSR count). The highest BCUT2D eigenvalue weighted by atomic mass is 32.2. The number of nitrogens with zero attached hydrogens (tertiary/aromatic N) is 2. The van der Waals surface area contributed by atoms with Crippen molar-refractivity contribution in [2.45, 2.75) is 37.5 Å². The highest BCUT2D eigenvalue weighted by Gasteiger charge is 2.34. The zero-order valence-corrected chi connectivity index (χ0v) is 13.5. The minimum atomic E-state index is -0.653. The molecule has 1 fully saturated rings. The SMILES string of the molecule is Cc1ccc2nc(CSCC(=O)NCC3(O)CCC3)cn2c1. The van der Waals surface area contributed by atoms with Gasteiger partial charge in [-0.15, -0.1) is 11.8 Å². The lowest BCUT2D eigenvalue weighted by Gasteiger charge is -2.36. The van der Waals surface area contributed by atoms with E-state index in [0.717, 1.165) is 30.6 Å². The fourth-order valence-corrected chi connectivity index (χ4v) is 3.29. The average Bonchev–Trinajstić information content (AvgIpc) is 2.85. The number of imidazole rings is 1. The Morgan fingerprint density at radius 3 is 3.00 bits per heavy atom. The Hall–Kier alpha value is -1.53. The molecular formula is C16H21N3O2S. The maximum atomic E-state index is 11.8. The first-order valence-electron chi connectivity index (χ1n) is 7.55. The molecule has 0 spiro atoms. The van der Waals surface area contributed by atoms with Gasteiger partial charge in [-0.3, -0.25) is 4.79 Å². The maximum Gasteiger partial charge on any atom is 0.230 e. The first-order valence-corrected chi connectivity index (χ1v) is 8.71. The highest BCUT2D eigenvalue weighted by molar-refractivity contribution is 7.99. The third-order valence-electron chi connectivity index (χ3n) is 4.03. The van der Waals surface area contributed by atoms with Crippen LogP contribution in [0.1, 0.15) is 30.5 Å². The largest absolute Gasteiger partial charge is 0.388 e. The molecule has 1 saturated carbocycles. The van der Waals surface area contributed by atoms with Crippen LogP contribution in [-0.4, -0.2) is 38.3 Å². The van der Waals surface area contributed by atoms with Gasteiger partial charge in [0.25, 0.3) is 0 Å². The van der Waals surface area contributed by atoms with E-state index < -0.39 is 5.60 Å². The summed E-state index contributed by atoms with van der Waals surface area (Å²) in [6, 6.07) is 4.04. The van der Waals surface area contributed by atoms with E-state index in [1.165, 1.54) is 5.56 Å². The van der Waals surface area contributed by atoms with E-state index in [1.54, 1.807) is 11.8 Å². The second-order valence-corrected chi connectivity index (χ2v) is 7.04. The van der Waals surface area contributed by atoms with Gasteiger partial charge in [0, 0.05) is 24.7 Å². The monoisotopic (exact) mass is 319 g/mol. The van der Waals surface area contributed by atoms with Crippen LogP contribution in [0.5, 0.6) is 0 Å². The molecule has 1 aliphatic carbocycles. The number of carbonyl (C=O) groups excluding carboxylic acids is 1. The van der Waals surface area contributed by atoms with Gasteiger partial charge in [0.05, 0.1) is 17.0 Å². The van der Waals surface area contributed by atoms with E-state index in [-0.39, 0.29) is 5.91 Å². The van der Waals surface area contributed by atoms with Crippen LogP contribution in [0.2, 0.25) is 0 Å². The fourth-order valence-electron chi connectivity index (χ4n) is 2.55. The summed E-state index contributed by atoms with van der Waals surface area (Å²) in [5, 5.41) is 12.7. The summed E-state index contributed by atoms with van der Waals surface area (Å²) >= 11 is 1.54. The van der Waals surface area contributed by atoms with Crippen molar-refractivity contribution in [1.82, 2.24) is 14.7 Å². The van der Waals surface area contributed by atoms with Crippen molar-refractivity contribution in [2.75, 3.05) is 12.3 Å². The van der Waals surface area contributed by atoms with Crippen molar-refractivity contribution in [3.8, 4) is 0 Å². The minimum absolute atomic E-state index is 0.0232. The van der Waals surface area contributed by atoms with Gasteiger partial charge in [0.15, 0.2) is 0 Å². The van der Waals surface area contributed by atoms with Crippen molar-refractivity contribution in [2.24, 2.45) is 0 Å². The van der Waals surface area contributed by atoms with Gasteiger partial charge in [-0.05, 0) is 37.8 Å². The molecule has 0 bridgehead atoms. The molecule has 1 aliphatic rings. The van der Waals surface area contributed by atoms with Gasteiger partial charge in [-0.2, -0.15) is 0 Å². The predicted octanol–water partition coefficient (Wildman–Crippen LogP) is 1.91. The molecule has 0 atom stereocenters. The molecule has 0 aliphatic heterocycles. The standard InChI is InChI=1S/C16H21N3O2S/c1-12-3-4-14-18-13(8-19(14)7-12)9-22-10-15(20)17-11-16(21)5-2-6-16/h3-4,7-8,21H,2,5-6,9-11H2,1H3,(H,17,20). The number of amides is 1. The maximum absolute atomic E-state index is 11.8. The second-order valence-electron chi connectivity index (χ2n) is 6.05. The number of aliphatic hydroxyl groups is 1.